The van der Waals surface area contributed by atoms with Crippen molar-refractivity contribution in [2.75, 3.05) is 12.4 Å². The number of anilines is 1. The maximum absolute atomic E-state index is 12.7. The molecule has 8 heteroatoms. The SMILES string of the molecule is COc1cnc(NC(=O)C=CC#N)cc1C=CC1CCC(C(F)(F)F)CC1. The lowest BCUT2D eigenvalue weighted by atomic mass is 9.81. The number of nitrogens with zero attached hydrogens (tertiary/aromatic N) is 2. The van der Waals surface area contributed by atoms with E-state index in [4.69, 9.17) is 10.00 Å². The third-order valence-corrected chi connectivity index (χ3v) is 4.46. The molecule has 0 spiro atoms. The number of rotatable bonds is 5. The average Bonchev–Trinajstić information content (AvgIpc) is 2.64. The van der Waals surface area contributed by atoms with Gasteiger partial charge in [0.15, 0.2) is 0 Å². The Morgan fingerprint density at radius 2 is 2.07 bits per heavy atom. The molecular formula is C19H20F3N3O2. The van der Waals surface area contributed by atoms with E-state index in [2.05, 4.69) is 10.3 Å². The van der Waals surface area contributed by atoms with Crippen molar-refractivity contribution in [1.82, 2.24) is 4.98 Å². The minimum absolute atomic E-state index is 0.0677. The van der Waals surface area contributed by atoms with Gasteiger partial charge in [-0.3, -0.25) is 4.79 Å². The summed E-state index contributed by atoms with van der Waals surface area (Å²) in [6, 6.07) is 3.33. The molecule has 1 N–H and O–H groups in total. The quantitative estimate of drug-likeness (QED) is 0.604. The highest BCUT2D eigenvalue weighted by Crippen LogP contribution is 2.40. The third-order valence-electron chi connectivity index (χ3n) is 4.46. The first-order valence-electron chi connectivity index (χ1n) is 8.49. The lowest BCUT2D eigenvalue weighted by Crippen LogP contribution is -2.27. The van der Waals surface area contributed by atoms with Crippen LogP contribution in [-0.4, -0.2) is 24.2 Å². The van der Waals surface area contributed by atoms with E-state index in [1.54, 1.807) is 18.2 Å². The summed E-state index contributed by atoms with van der Waals surface area (Å²) in [5.41, 5.74) is 0.657. The standard InChI is InChI=1S/C19H20F3N3O2/c1-27-16-12-24-17(25-18(26)3-2-10-23)11-14(16)7-4-13-5-8-15(9-6-13)19(20,21)22/h2-4,7,11-13,15H,5-6,8-9H2,1H3,(H,24,25,26). The molecule has 0 aliphatic heterocycles. The van der Waals surface area contributed by atoms with Crippen LogP contribution in [0.1, 0.15) is 31.2 Å². The maximum atomic E-state index is 12.7. The number of carbonyl (C=O) groups is 1. The Balaban J connectivity index is 2.05. The second kappa shape index (κ2) is 9.21. The van der Waals surface area contributed by atoms with Gasteiger partial charge in [0.2, 0.25) is 5.91 Å². The molecule has 1 saturated carbocycles. The fourth-order valence-electron chi connectivity index (χ4n) is 2.99. The highest BCUT2D eigenvalue weighted by molar-refractivity contribution is 5.99. The Morgan fingerprint density at radius 3 is 2.67 bits per heavy atom. The van der Waals surface area contributed by atoms with Crippen LogP contribution in [0.2, 0.25) is 0 Å². The highest BCUT2D eigenvalue weighted by atomic mass is 19.4. The van der Waals surface area contributed by atoms with Crippen molar-refractivity contribution in [1.29, 1.82) is 5.26 Å². The van der Waals surface area contributed by atoms with Gasteiger partial charge in [-0.1, -0.05) is 12.2 Å². The number of hydrogen-bond acceptors (Lipinski definition) is 4. The Labute approximate surface area is 155 Å². The average molecular weight is 379 g/mol. The Bertz CT molecular complexity index is 758. The molecule has 27 heavy (non-hydrogen) atoms. The van der Waals surface area contributed by atoms with Crippen molar-refractivity contribution < 1.29 is 22.7 Å². The Morgan fingerprint density at radius 1 is 1.37 bits per heavy atom. The number of nitrogens with one attached hydrogen (secondary N) is 1. The summed E-state index contributed by atoms with van der Waals surface area (Å²) in [6.45, 7) is 0. The van der Waals surface area contributed by atoms with Crippen LogP contribution in [0.3, 0.4) is 0 Å². The van der Waals surface area contributed by atoms with Gasteiger partial charge in [0.25, 0.3) is 0 Å². The number of allylic oxidation sites excluding steroid dienone is 2. The van der Waals surface area contributed by atoms with Crippen LogP contribution in [0, 0.1) is 23.2 Å². The predicted octanol–water partition coefficient (Wildman–Crippen LogP) is 4.49. The fraction of sp³-hybridized carbons (Fsp3) is 0.421. The molecule has 1 amide bonds. The van der Waals surface area contributed by atoms with E-state index in [0.717, 1.165) is 12.2 Å². The van der Waals surface area contributed by atoms with Gasteiger partial charge >= 0.3 is 6.18 Å². The van der Waals surface area contributed by atoms with Crippen molar-refractivity contribution in [3.63, 3.8) is 0 Å². The minimum Gasteiger partial charge on any atom is -0.495 e. The zero-order chi connectivity index (χ0) is 19.9. The number of alkyl halides is 3. The number of amides is 1. The van der Waals surface area contributed by atoms with Crippen LogP contribution >= 0.6 is 0 Å². The van der Waals surface area contributed by atoms with Gasteiger partial charge < -0.3 is 10.1 Å². The molecule has 1 fully saturated rings. The normalized spacial score (nSPS) is 20.6. The van der Waals surface area contributed by atoms with E-state index in [9.17, 15) is 18.0 Å². The van der Waals surface area contributed by atoms with E-state index in [1.165, 1.54) is 13.3 Å². The number of carbonyl (C=O) groups excluding carboxylic acids is 1. The first-order chi connectivity index (χ1) is 12.8. The zero-order valence-corrected chi connectivity index (χ0v) is 14.8. The summed E-state index contributed by atoms with van der Waals surface area (Å²) in [4.78, 5) is 15.7. The molecule has 2 rings (SSSR count). The second-order valence-electron chi connectivity index (χ2n) is 6.28. The fourth-order valence-corrected chi connectivity index (χ4v) is 2.99. The summed E-state index contributed by atoms with van der Waals surface area (Å²) >= 11 is 0. The third kappa shape index (κ3) is 6.13. The molecule has 0 unspecified atom stereocenters. The molecule has 144 valence electrons. The number of pyridine rings is 1. The Kier molecular flexibility index (Phi) is 6.99. The topological polar surface area (TPSA) is 75.0 Å². The van der Waals surface area contributed by atoms with Crippen LogP contribution < -0.4 is 10.1 Å². The Hall–Kier alpha value is -2.82. The van der Waals surface area contributed by atoms with Gasteiger partial charge in [0, 0.05) is 17.7 Å². The van der Waals surface area contributed by atoms with Crippen LogP contribution in [-0.2, 0) is 4.79 Å². The lowest BCUT2D eigenvalue weighted by Gasteiger charge is -2.28. The van der Waals surface area contributed by atoms with Gasteiger partial charge in [-0.25, -0.2) is 4.98 Å². The van der Waals surface area contributed by atoms with Crippen molar-refractivity contribution in [3.8, 4) is 11.8 Å². The van der Waals surface area contributed by atoms with Crippen LogP contribution in [0.5, 0.6) is 5.75 Å². The number of halogens is 3. The van der Waals surface area contributed by atoms with Gasteiger partial charge in [0.05, 0.1) is 25.3 Å². The first kappa shape index (κ1) is 20.5. The molecule has 0 radical (unpaired) electrons. The molecule has 0 atom stereocenters. The van der Waals surface area contributed by atoms with Crippen LogP contribution in [0.4, 0.5) is 19.0 Å². The number of aromatic nitrogens is 1. The van der Waals surface area contributed by atoms with E-state index in [0.29, 0.717) is 24.2 Å². The van der Waals surface area contributed by atoms with Crippen molar-refractivity contribution in [2.45, 2.75) is 31.9 Å². The molecular weight excluding hydrogens is 359 g/mol. The van der Waals surface area contributed by atoms with E-state index in [-0.39, 0.29) is 24.6 Å². The number of hydrogen-bond donors (Lipinski definition) is 1. The van der Waals surface area contributed by atoms with Gasteiger partial charge in [-0.15, -0.1) is 0 Å². The molecule has 0 aromatic carbocycles. The van der Waals surface area contributed by atoms with Gasteiger partial charge in [-0.05, 0) is 37.7 Å². The van der Waals surface area contributed by atoms with E-state index < -0.39 is 18.0 Å². The molecule has 5 nitrogen and oxygen atoms in total. The van der Waals surface area contributed by atoms with Gasteiger partial charge in [0.1, 0.15) is 11.6 Å². The summed E-state index contributed by atoms with van der Waals surface area (Å²) in [5, 5.41) is 11.0. The molecule has 1 aromatic rings. The predicted molar refractivity (Wildman–Crippen MR) is 94.7 cm³/mol. The van der Waals surface area contributed by atoms with Crippen LogP contribution in [0.25, 0.3) is 6.08 Å². The lowest BCUT2D eigenvalue weighted by molar-refractivity contribution is -0.183. The highest BCUT2D eigenvalue weighted by Gasteiger charge is 2.40. The summed E-state index contributed by atoms with van der Waals surface area (Å²) in [7, 11) is 1.48. The molecule has 0 saturated heterocycles. The largest absolute Gasteiger partial charge is 0.495 e. The summed E-state index contributed by atoms with van der Waals surface area (Å²) in [6.07, 6.45) is 4.37. The second-order valence-corrected chi connectivity index (χ2v) is 6.28. The van der Waals surface area contributed by atoms with Crippen molar-refractivity contribution >= 4 is 17.8 Å². The zero-order valence-electron chi connectivity index (χ0n) is 14.8. The minimum atomic E-state index is -4.11. The number of methoxy groups -OCH3 is 1. The molecule has 0 bridgehead atoms. The van der Waals surface area contributed by atoms with Crippen molar-refractivity contribution in [2.24, 2.45) is 11.8 Å². The van der Waals surface area contributed by atoms with Gasteiger partial charge in [-0.2, -0.15) is 18.4 Å². The number of ether oxygens (including phenoxy) is 1. The maximum Gasteiger partial charge on any atom is 0.391 e. The smallest absolute Gasteiger partial charge is 0.391 e. The van der Waals surface area contributed by atoms with Crippen LogP contribution in [0.15, 0.2) is 30.5 Å². The molecule has 1 aliphatic carbocycles. The van der Waals surface area contributed by atoms with E-state index in [1.807, 2.05) is 6.08 Å². The molecule has 1 aliphatic rings. The molecule has 1 heterocycles. The number of nitriles is 1. The monoisotopic (exact) mass is 379 g/mol. The van der Waals surface area contributed by atoms with Crippen molar-refractivity contribution in [3.05, 3.63) is 36.1 Å². The molecule has 1 aromatic heterocycles. The first-order valence-corrected chi connectivity index (χ1v) is 8.49. The summed E-state index contributed by atoms with van der Waals surface area (Å²) in [5.74, 6) is -0.863. The summed E-state index contributed by atoms with van der Waals surface area (Å²) < 4.78 is 43.5. The van der Waals surface area contributed by atoms with E-state index >= 15 is 0 Å².